The Labute approximate surface area is 107 Å². The summed E-state index contributed by atoms with van der Waals surface area (Å²) in [5.74, 6) is 1.54. The lowest BCUT2D eigenvalue weighted by atomic mass is 10.3. The maximum Gasteiger partial charge on any atom is 0.166 e. The molecule has 0 amide bonds. The number of benzene rings is 1. The third-order valence-corrected chi connectivity index (χ3v) is 2.42. The third-order valence-electron chi connectivity index (χ3n) is 2.42. The van der Waals surface area contributed by atoms with Crippen molar-refractivity contribution in [3.63, 3.8) is 0 Å². The molecular formula is C14H17N3O. The van der Waals surface area contributed by atoms with E-state index in [-0.39, 0.29) is 0 Å². The Hall–Kier alpha value is -1.94. The monoisotopic (exact) mass is 243 g/mol. The summed E-state index contributed by atoms with van der Waals surface area (Å²) in [5.41, 5.74) is 1.94. The van der Waals surface area contributed by atoms with Gasteiger partial charge >= 0.3 is 0 Å². The van der Waals surface area contributed by atoms with E-state index in [0.29, 0.717) is 12.4 Å². The third kappa shape index (κ3) is 3.53. The van der Waals surface area contributed by atoms with Gasteiger partial charge in [-0.1, -0.05) is 18.2 Å². The minimum absolute atomic E-state index is 0.391. The van der Waals surface area contributed by atoms with E-state index in [1.807, 2.05) is 50.4 Å². The second kappa shape index (κ2) is 6.12. The number of aromatic nitrogens is 2. The van der Waals surface area contributed by atoms with E-state index in [1.165, 1.54) is 0 Å². The van der Waals surface area contributed by atoms with Gasteiger partial charge in [0.05, 0.1) is 5.69 Å². The number of hydrogen-bond donors (Lipinski definition) is 1. The molecule has 0 aliphatic carbocycles. The summed E-state index contributed by atoms with van der Waals surface area (Å²) < 4.78 is 5.63. The molecule has 0 saturated heterocycles. The van der Waals surface area contributed by atoms with Crippen LogP contribution in [0.4, 0.5) is 0 Å². The minimum atomic E-state index is 0.391. The molecule has 0 radical (unpaired) electrons. The fourth-order valence-corrected chi connectivity index (χ4v) is 1.70. The quantitative estimate of drug-likeness (QED) is 0.873. The van der Waals surface area contributed by atoms with Crippen LogP contribution in [0.5, 0.6) is 5.75 Å². The van der Waals surface area contributed by atoms with Crippen LogP contribution in [0.15, 0.2) is 36.4 Å². The van der Waals surface area contributed by atoms with Gasteiger partial charge in [-0.15, -0.1) is 0 Å². The maximum atomic E-state index is 5.63. The van der Waals surface area contributed by atoms with Gasteiger partial charge in [-0.3, -0.25) is 0 Å². The lowest BCUT2D eigenvalue weighted by Crippen LogP contribution is -2.11. The summed E-state index contributed by atoms with van der Waals surface area (Å²) in [4.78, 5) is 8.81. The van der Waals surface area contributed by atoms with Crippen LogP contribution in [0.2, 0.25) is 0 Å². The van der Waals surface area contributed by atoms with Crippen LogP contribution >= 0.6 is 0 Å². The van der Waals surface area contributed by atoms with Gasteiger partial charge in [0, 0.05) is 12.2 Å². The molecule has 0 bridgehead atoms. The number of nitrogens with one attached hydrogen (secondary N) is 1. The van der Waals surface area contributed by atoms with E-state index in [4.69, 9.17) is 4.74 Å². The molecule has 0 spiro atoms. The largest absolute Gasteiger partial charge is 0.486 e. The Kier molecular flexibility index (Phi) is 4.25. The zero-order valence-electron chi connectivity index (χ0n) is 10.7. The number of aryl methyl sites for hydroxylation is 1. The van der Waals surface area contributed by atoms with Gasteiger partial charge in [0.1, 0.15) is 12.4 Å². The van der Waals surface area contributed by atoms with Crippen LogP contribution in [0, 0.1) is 6.92 Å². The van der Waals surface area contributed by atoms with E-state index < -0.39 is 0 Å². The van der Waals surface area contributed by atoms with Crippen molar-refractivity contribution < 1.29 is 4.74 Å². The predicted octanol–water partition coefficient (Wildman–Crippen LogP) is 2.08. The minimum Gasteiger partial charge on any atom is -0.486 e. The molecule has 1 heterocycles. The van der Waals surface area contributed by atoms with Crippen LogP contribution in [0.1, 0.15) is 17.2 Å². The van der Waals surface area contributed by atoms with Crippen molar-refractivity contribution in [3.05, 3.63) is 53.6 Å². The highest BCUT2D eigenvalue weighted by Gasteiger charge is 2.02. The zero-order chi connectivity index (χ0) is 12.8. The Morgan fingerprint density at radius 1 is 1.17 bits per heavy atom. The van der Waals surface area contributed by atoms with Crippen LogP contribution in [0.25, 0.3) is 0 Å². The molecule has 0 aliphatic rings. The van der Waals surface area contributed by atoms with E-state index in [1.54, 1.807) is 0 Å². The van der Waals surface area contributed by atoms with Crippen LogP contribution in [0.3, 0.4) is 0 Å². The lowest BCUT2D eigenvalue weighted by molar-refractivity contribution is 0.295. The van der Waals surface area contributed by atoms with E-state index in [2.05, 4.69) is 15.3 Å². The molecule has 18 heavy (non-hydrogen) atoms. The highest BCUT2D eigenvalue weighted by Crippen LogP contribution is 2.10. The van der Waals surface area contributed by atoms with Crippen molar-refractivity contribution in [1.29, 1.82) is 0 Å². The molecule has 4 nitrogen and oxygen atoms in total. The molecule has 0 saturated carbocycles. The second-order valence-corrected chi connectivity index (χ2v) is 4.05. The van der Waals surface area contributed by atoms with Gasteiger partial charge in [-0.05, 0) is 32.2 Å². The highest BCUT2D eigenvalue weighted by atomic mass is 16.5. The lowest BCUT2D eigenvalue weighted by Gasteiger charge is -2.07. The first-order chi connectivity index (χ1) is 8.78. The molecule has 94 valence electrons. The Morgan fingerprint density at radius 3 is 2.67 bits per heavy atom. The van der Waals surface area contributed by atoms with Gasteiger partial charge in [0.25, 0.3) is 0 Å². The van der Waals surface area contributed by atoms with Crippen molar-refractivity contribution in [2.24, 2.45) is 0 Å². The summed E-state index contributed by atoms with van der Waals surface area (Å²) in [7, 11) is 1.90. The number of rotatable bonds is 5. The van der Waals surface area contributed by atoms with Gasteiger partial charge in [0.2, 0.25) is 0 Å². The molecular weight excluding hydrogens is 226 g/mol. The zero-order valence-corrected chi connectivity index (χ0v) is 10.7. The topological polar surface area (TPSA) is 47.0 Å². The SMILES string of the molecule is CNCc1cc(C)nc(COc2ccccc2)n1. The number of para-hydroxylation sites is 1. The van der Waals surface area contributed by atoms with Crippen molar-refractivity contribution in [2.45, 2.75) is 20.1 Å². The molecule has 0 fully saturated rings. The highest BCUT2D eigenvalue weighted by molar-refractivity contribution is 5.21. The normalized spacial score (nSPS) is 10.3. The maximum absolute atomic E-state index is 5.63. The molecule has 0 aliphatic heterocycles. The average molecular weight is 243 g/mol. The average Bonchev–Trinajstić information content (AvgIpc) is 2.37. The van der Waals surface area contributed by atoms with Gasteiger partial charge in [-0.25, -0.2) is 9.97 Å². The fourth-order valence-electron chi connectivity index (χ4n) is 1.70. The van der Waals surface area contributed by atoms with E-state index >= 15 is 0 Å². The first kappa shape index (κ1) is 12.5. The van der Waals surface area contributed by atoms with Gasteiger partial charge in [-0.2, -0.15) is 0 Å². The molecule has 2 rings (SSSR count). The number of ether oxygens (including phenoxy) is 1. The van der Waals surface area contributed by atoms with Crippen molar-refractivity contribution >= 4 is 0 Å². The summed E-state index contributed by atoms with van der Waals surface area (Å²) in [5, 5.41) is 3.08. The molecule has 0 unspecified atom stereocenters. The number of hydrogen-bond acceptors (Lipinski definition) is 4. The Morgan fingerprint density at radius 2 is 1.94 bits per heavy atom. The summed E-state index contributed by atoms with van der Waals surface area (Å²) in [6.07, 6.45) is 0. The summed E-state index contributed by atoms with van der Waals surface area (Å²) >= 11 is 0. The van der Waals surface area contributed by atoms with Crippen LogP contribution in [-0.2, 0) is 13.2 Å². The summed E-state index contributed by atoms with van der Waals surface area (Å²) in [6, 6.07) is 11.7. The van der Waals surface area contributed by atoms with Crippen molar-refractivity contribution in [3.8, 4) is 5.75 Å². The molecule has 1 N–H and O–H groups in total. The standard InChI is InChI=1S/C14H17N3O/c1-11-8-12(9-15-2)17-14(16-11)10-18-13-6-4-3-5-7-13/h3-8,15H,9-10H2,1-2H3. The Bertz CT molecular complexity index is 500. The second-order valence-electron chi connectivity index (χ2n) is 4.05. The van der Waals surface area contributed by atoms with E-state index in [0.717, 1.165) is 23.7 Å². The van der Waals surface area contributed by atoms with Crippen LogP contribution < -0.4 is 10.1 Å². The van der Waals surface area contributed by atoms with Gasteiger partial charge < -0.3 is 10.1 Å². The van der Waals surface area contributed by atoms with Gasteiger partial charge in [0.15, 0.2) is 5.82 Å². The molecule has 1 aromatic carbocycles. The number of nitrogens with zero attached hydrogens (tertiary/aromatic N) is 2. The molecule has 1 aromatic heterocycles. The smallest absolute Gasteiger partial charge is 0.166 e. The first-order valence-electron chi connectivity index (χ1n) is 5.94. The molecule has 4 heteroatoms. The first-order valence-corrected chi connectivity index (χ1v) is 5.94. The molecule has 2 aromatic rings. The molecule has 0 atom stereocenters. The van der Waals surface area contributed by atoms with E-state index in [9.17, 15) is 0 Å². The Balaban J connectivity index is 2.05. The van der Waals surface area contributed by atoms with Crippen molar-refractivity contribution in [1.82, 2.24) is 15.3 Å². The van der Waals surface area contributed by atoms with Crippen LogP contribution in [-0.4, -0.2) is 17.0 Å². The predicted molar refractivity (Wildman–Crippen MR) is 70.3 cm³/mol. The summed E-state index contributed by atoms with van der Waals surface area (Å²) in [6.45, 7) is 3.09. The van der Waals surface area contributed by atoms with Crippen molar-refractivity contribution in [2.75, 3.05) is 7.05 Å². The fraction of sp³-hybridized carbons (Fsp3) is 0.286.